The quantitative estimate of drug-likeness (QED) is 0.774. The normalized spacial score (nSPS) is 10.6. The van der Waals surface area contributed by atoms with Crippen LogP contribution in [0, 0.1) is 18.3 Å². The molecular weight excluding hydrogens is 224 g/mol. The summed E-state index contributed by atoms with van der Waals surface area (Å²) in [5.41, 5.74) is 3.33. The molecule has 0 unspecified atom stereocenters. The average Bonchev–Trinajstić information content (AvgIpc) is 2.65. The number of imidazole rings is 1. The molecule has 0 bridgehead atoms. The van der Waals surface area contributed by atoms with Crippen molar-refractivity contribution in [3.05, 3.63) is 24.0 Å². The summed E-state index contributed by atoms with van der Waals surface area (Å²) < 4.78 is 2.09. The maximum Gasteiger partial charge on any atom is 0.106 e. The van der Waals surface area contributed by atoms with Crippen LogP contribution in [0.15, 0.2) is 18.2 Å². The molecule has 0 aliphatic carbocycles. The van der Waals surface area contributed by atoms with E-state index in [-0.39, 0.29) is 0 Å². The molecule has 0 atom stereocenters. The number of unbranched alkanes of at least 4 members (excludes halogenated alkanes) is 1. The van der Waals surface area contributed by atoms with E-state index in [4.69, 9.17) is 5.26 Å². The number of rotatable bonds is 4. The van der Waals surface area contributed by atoms with E-state index >= 15 is 0 Å². The van der Waals surface area contributed by atoms with Gasteiger partial charge in [-0.15, -0.1) is 0 Å². The maximum absolute atomic E-state index is 8.54. The van der Waals surface area contributed by atoms with Crippen molar-refractivity contribution in [2.75, 3.05) is 18.5 Å². The lowest BCUT2D eigenvalue weighted by molar-refractivity contribution is 0.807. The van der Waals surface area contributed by atoms with Gasteiger partial charge in [-0.3, -0.25) is 0 Å². The van der Waals surface area contributed by atoms with Gasteiger partial charge in [0.2, 0.25) is 0 Å². The van der Waals surface area contributed by atoms with E-state index in [1.807, 2.05) is 21.0 Å². The fourth-order valence-corrected chi connectivity index (χ4v) is 2.07. The first-order valence-electron chi connectivity index (χ1n) is 6.14. The zero-order chi connectivity index (χ0) is 13.1. The van der Waals surface area contributed by atoms with Crippen molar-refractivity contribution in [2.45, 2.75) is 19.8 Å². The highest BCUT2D eigenvalue weighted by Crippen LogP contribution is 2.21. The Labute approximate surface area is 107 Å². The van der Waals surface area contributed by atoms with E-state index in [1.54, 1.807) is 0 Å². The second-order valence-corrected chi connectivity index (χ2v) is 4.57. The first kappa shape index (κ1) is 12.4. The summed E-state index contributed by atoms with van der Waals surface area (Å²) in [5.74, 6) is 1.02. The largest absolute Gasteiger partial charge is 0.374 e. The summed E-state index contributed by atoms with van der Waals surface area (Å²) in [6.45, 7) is 2.90. The van der Waals surface area contributed by atoms with Crippen LogP contribution in [0.3, 0.4) is 0 Å². The summed E-state index contributed by atoms with van der Waals surface area (Å²) in [7, 11) is 4.08. The lowest BCUT2D eigenvalue weighted by Crippen LogP contribution is -2.18. The zero-order valence-corrected chi connectivity index (χ0v) is 11.1. The predicted molar refractivity (Wildman–Crippen MR) is 73.6 cm³/mol. The molecule has 1 heterocycles. The second-order valence-electron chi connectivity index (χ2n) is 4.57. The molecule has 0 saturated carbocycles. The molecule has 0 radical (unpaired) electrons. The van der Waals surface area contributed by atoms with E-state index in [0.717, 1.165) is 35.5 Å². The highest BCUT2D eigenvalue weighted by Gasteiger charge is 2.07. The molecule has 4 nitrogen and oxygen atoms in total. The van der Waals surface area contributed by atoms with Gasteiger partial charge in [0.1, 0.15) is 5.82 Å². The second kappa shape index (κ2) is 5.09. The van der Waals surface area contributed by atoms with Crippen molar-refractivity contribution < 1.29 is 0 Å². The Kier molecular flexibility index (Phi) is 3.52. The van der Waals surface area contributed by atoms with Crippen LogP contribution in [0.4, 0.5) is 5.69 Å². The highest BCUT2D eigenvalue weighted by atomic mass is 15.1. The maximum atomic E-state index is 8.54. The number of benzene rings is 1. The number of hydrogen-bond donors (Lipinski definition) is 0. The minimum Gasteiger partial charge on any atom is -0.374 e. The van der Waals surface area contributed by atoms with E-state index < -0.39 is 0 Å². The third-order valence-electron chi connectivity index (χ3n) is 3.31. The van der Waals surface area contributed by atoms with Crippen LogP contribution in [0.2, 0.25) is 0 Å². The van der Waals surface area contributed by atoms with Crippen LogP contribution in [0.25, 0.3) is 11.0 Å². The molecule has 0 fully saturated rings. The molecule has 0 saturated heterocycles. The van der Waals surface area contributed by atoms with Crippen LogP contribution >= 0.6 is 0 Å². The number of nitriles is 1. The fourth-order valence-electron chi connectivity index (χ4n) is 2.07. The van der Waals surface area contributed by atoms with Crippen LogP contribution in [-0.2, 0) is 7.05 Å². The summed E-state index contributed by atoms with van der Waals surface area (Å²) >= 11 is 0. The van der Waals surface area contributed by atoms with Crippen molar-refractivity contribution in [1.29, 1.82) is 5.26 Å². The smallest absolute Gasteiger partial charge is 0.106 e. The third-order valence-corrected chi connectivity index (χ3v) is 3.31. The SMILES string of the molecule is Cc1nc2cc(N(C)CCCC#N)ccc2n1C. The molecule has 94 valence electrons. The van der Waals surface area contributed by atoms with Crippen LogP contribution in [0.5, 0.6) is 0 Å². The molecule has 0 spiro atoms. The van der Waals surface area contributed by atoms with E-state index in [9.17, 15) is 0 Å². The first-order valence-corrected chi connectivity index (χ1v) is 6.14. The van der Waals surface area contributed by atoms with Gasteiger partial charge in [0, 0.05) is 32.7 Å². The monoisotopic (exact) mass is 242 g/mol. The summed E-state index contributed by atoms with van der Waals surface area (Å²) in [6, 6.07) is 8.49. The molecule has 2 aromatic rings. The lowest BCUT2D eigenvalue weighted by atomic mass is 10.2. The summed E-state index contributed by atoms with van der Waals surface area (Å²) in [6.07, 6.45) is 1.50. The lowest BCUT2D eigenvalue weighted by Gasteiger charge is -2.18. The Bertz CT molecular complexity index is 592. The third kappa shape index (κ3) is 2.30. The van der Waals surface area contributed by atoms with Crippen molar-refractivity contribution in [3.8, 4) is 6.07 Å². The van der Waals surface area contributed by atoms with Crippen molar-refractivity contribution >= 4 is 16.7 Å². The van der Waals surface area contributed by atoms with Crippen molar-refractivity contribution in [3.63, 3.8) is 0 Å². The predicted octanol–water partition coefficient (Wildman–Crippen LogP) is 2.62. The zero-order valence-electron chi connectivity index (χ0n) is 11.1. The first-order chi connectivity index (χ1) is 8.63. The van der Waals surface area contributed by atoms with Crippen molar-refractivity contribution in [1.82, 2.24) is 9.55 Å². The molecule has 4 heteroatoms. The molecule has 1 aromatic heterocycles. The molecule has 2 rings (SSSR count). The summed E-state index contributed by atoms with van der Waals surface area (Å²) in [4.78, 5) is 6.70. The standard InChI is InChI=1S/C14H18N4/c1-11-16-13-10-12(6-7-14(13)18(11)3)17(2)9-5-4-8-15/h6-7,10H,4-5,9H2,1-3H3. The van der Waals surface area contributed by atoms with Gasteiger partial charge in [-0.25, -0.2) is 4.98 Å². The van der Waals surface area contributed by atoms with Gasteiger partial charge in [-0.05, 0) is 31.5 Å². The van der Waals surface area contributed by atoms with Gasteiger partial charge in [-0.2, -0.15) is 5.26 Å². The molecule has 0 N–H and O–H groups in total. The van der Waals surface area contributed by atoms with Gasteiger partial charge in [-0.1, -0.05) is 0 Å². The molecule has 0 amide bonds. The Balaban J connectivity index is 2.22. The van der Waals surface area contributed by atoms with Crippen LogP contribution in [-0.4, -0.2) is 23.1 Å². The van der Waals surface area contributed by atoms with E-state index in [0.29, 0.717) is 6.42 Å². The number of nitrogens with zero attached hydrogens (tertiary/aromatic N) is 4. The average molecular weight is 242 g/mol. The topological polar surface area (TPSA) is 44.9 Å². The number of aryl methyl sites for hydroxylation is 2. The van der Waals surface area contributed by atoms with Crippen molar-refractivity contribution in [2.24, 2.45) is 7.05 Å². The number of aromatic nitrogens is 2. The fraction of sp³-hybridized carbons (Fsp3) is 0.429. The molecule has 18 heavy (non-hydrogen) atoms. The Hall–Kier alpha value is -2.02. The van der Waals surface area contributed by atoms with Gasteiger partial charge < -0.3 is 9.47 Å². The Morgan fingerprint density at radius 2 is 2.22 bits per heavy atom. The van der Waals surface area contributed by atoms with E-state index in [1.165, 1.54) is 0 Å². The van der Waals surface area contributed by atoms with E-state index in [2.05, 4.69) is 38.7 Å². The number of fused-ring (bicyclic) bond motifs is 1. The van der Waals surface area contributed by atoms with Crippen LogP contribution in [0.1, 0.15) is 18.7 Å². The highest BCUT2D eigenvalue weighted by molar-refractivity contribution is 5.80. The molecular formula is C14H18N4. The Morgan fingerprint density at radius 1 is 1.44 bits per heavy atom. The van der Waals surface area contributed by atoms with Crippen LogP contribution < -0.4 is 4.90 Å². The number of anilines is 1. The molecule has 1 aromatic carbocycles. The van der Waals surface area contributed by atoms with Gasteiger partial charge in [0.25, 0.3) is 0 Å². The van der Waals surface area contributed by atoms with Gasteiger partial charge in [0.05, 0.1) is 17.1 Å². The Morgan fingerprint density at radius 3 is 2.94 bits per heavy atom. The minimum absolute atomic E-state index is 0.606. The summed E-state index contributed by atoms with van der Waals surface area (Å²) in [5, 5.41) is 8.54. The number of hydrogen-bond acceptors (Lipinski definition) is 3. The molecule has 0 aliphatic rings. The molecule has 0 aliphatic heterocycles. The minimum atomic E-state index is 0.606. The van der Waals surface area contributed by atoms with Gasteiger partial charge >= 0.3 is 0 Å². The van der Waals surface area contributed by atoms with Gasteiger partial charge in [0.15, 0.2) is 0 Å².